The van der Waals surface area contributed by atoms with E-state index in [2.05, 4.69) is 10.4 Å². The van der Waals surface area contributed by atoms with Crippen LogP contribution in [0.1, 0.15) is 12.8 Å². The highest BCUT2D eigenvalue weighted by molar-refractivity contribution is 5.32. The minimum Gasteiger partial charge on any atom is -0.372 e. The number of ether oxygens (including phenoxy) is 1. The number of aromatic nitrogens is 2. The summed E-state index contributed by atoms with van der Waals surface area (Å²) in [6.07, 6.45) is 4.61. The maximum absolute atomic E-state index is 5.72. The highest BCUT2D eigenvalue weighted by atomic mass is 16.5. The fraction of sp³-hybridized carbons (Fsp3) is 0.700. The third-order valence-corrected chi connectivity index (χ3v) is 2.68. The lowest BCUT2D eigenvalue weighted by Gasteiger charge is -2.12. The second kappa shape index (κ2) is 4.63. The van der Waals surface area contributed by atoms with Crippen LogP contribution >= 0.6 is 0 Å². The molecule has 1 aliphatic rings. The summed E-state index contributed by atoms with van der Waals surface area (Å²) in [5.41, 5.74) is 5.55. The number of anilines is 1. The van der Waals surface area contributed by atoms with E-state index in [1.54, 1.807) is 4.68 Å². The predicted molar refractivity (Wildman–Crippen MR) is 58.6 cm³/mol. The Morgan fingerprint density at radius 1 is 1.60 bits per heavy atom. The van der Waals surface area contributed by atoms with Gasteiger partial charge in [-0.25, -0.2) is 0 Å². The first kappa shape index (κ1) is 10.4. The standard InChI is InChI=1S/C10H18N4O/c1-14-5-4-10(13-14)12-7-9-3-2-8(6-11)15-9/h4-5,8-9H,2-3,6-7,11H2,1H3,(H,12,13). The van der Waals surface area contributed by atoms with Crippen molar-refractivity contribution in [3.63, 3.8) is 0 Å². The van der Waals surface area contributed by atoms with Gasteiger partial charge < -0.3 is 15.8 Å². The first-order valence-corrected chi connectivity index (χ1v) is 5.37. The Kier molecular flexibility index (Phi) is 3.23. The van der Waals surface area contributed by atoms with Crippen LogP contribution in [0.3, 0.4) is 0 Å². The molecule has 1 aromatic rings. The number of rotatable bonds is 4. The molecule has 0 aliphatic carbocycles. The minimum absolute atomic E-state index is 0.250. The molecule has 5 nitrogen and oxygen atoms in total. The van der Waals surface area contributed by atoms with E-state index in [-0.39, 0.29) is 12.2 Å². The summed E-state index contributed by atoms with van der Waals surface area (Å²) in [6.45, 7) is 1.44. The lowest BCUT2D eigenvalue weighted by molar-refractivity contribution is 0.0578. The first-order chi connectivity index (χ1) is 7.28. The second-order valence-corrected chi connectivity index (χ2v) is 3.95. The largest absolute Gasteiger partial charge is 0.372 e. The second-order valence-electron chi connectivity index (χ2n) is 3.95. The van der Waals surface area contributed by atoms with Crippen molar-refractivity contribution in [1.82, 2.24) is 9.78 Å². The number of aryl methyl sites for hydroxylation is 1. The van der Waals surface area contributed by atoms with Gasteiger partial charge in [0, 0.05) is 32.4 Å². The molecule has 0 saturated carbocycles. The average molecular weight is 210 g/mol. The van der Waals surface area contributed by atoms with E-state index in [0.717, 1.165) is 25.2 Å². The average Bonchev–Trinajstić information content (AvgIpc) is 2.83. The molecule has 0 aromatic carbocycles. The molecule has 2 unspecified atom stereocenters. The highest BCUT2D eigenvalue weighted by Crippen LogP contribution is 2.19. The normalized spacial score (nSPS) is 25.7. The smallest absolute Gasteiger partial charge is 0.148 e. The fourth-order valence-corrected chi connectivity index (χ4v) is 1.83. The molecule has 0 spiro atoms. The zero-order valence-corrected chi connectivity index (χ0v) is 9.02. The Hall–Kier alpha value is -1.07. The van der Waals surface area contributed by atoms with E-state index in [0.29, 0.717) is 6.54 Å². The molecule has 1 aromatic heterocycles. The third-order valence-electron chi connectivity index (χ3n) is 2.68. The third kappa shape index (κ3) is 2.70. The molecule has 2 heterocycles. The van der Waals surface area contributed by atoms with Crippen molar-refractivity contribution < 1.29 is 4.74 Å². The van der Waals surface area contributed by atoms with Gasteiger partial charge in [0.1, 0.15) is 5.82 Å². The van der Waals surface area contributed by atoms with Gasteiger partial charge in [0.2, 0.25) is 0 Å². The van der Waals surface area contributed by atoms with Crippen LogP contribution in [0.2, 0.25) is 0 Å². The Morgan fingerprint density at radius 2 is 2.40 bits per heavy atom. The van der Waals surface area contributed by atoms with Gasteiger partial charge in [0.25, 0.3) is 0 Å². The van der Waals surface area contributed by atoms with E-state index in [1.165, 1.54) is 0 Å². The summed E-state index contributed by atoms with van der Waals surface area (Å²) in [7, 11) is 1.90. The molecule has 1 saturated heterocycles. The topological polar surface area (TPSA) is 65.1 Å². The van der Waals surface area contributed by atoms with Crippen LogP contribution in [0.5, 0.6) is 0 Å². The summed E-state index contributed by atoms with van der Waals surface area (Å²) in [5, 5.41) is 7.49. The molecule has 5 heteroatoms. The number of nitrogens with one attached hydrogen (secondary N) is 1. The van der Waals surface area contributed by atoms with Gasteiger partial charge in [-0.05, 0) is 12.8 Å². The van der Waals surface area contributed by atoms with E-state index in [4.69, 9.17) is 10.5 Å². The van der Waals surface area contributed by atoms with Gasteiger partial charge in [-0.15, -0.1) is 0 Å². The SMILES string of the molecule is Cn1ccc(NCC2CCC(CN)O2)n1. The molecule has 0 radical (unpaired) electrons. The molecule has 2 atom stereocenters. The maximum atomic E-state index is 5.72. The van der Waals surface area contributed by atoms with Gasteiger partial charge in [-0.3, -0.25) is 4.68 Å². The Labute approximate surface area is 89.6 Å². The molecule has 1 aliphatic heterocycles. The quantitative estimate of drug-likeness (QED) is 0.752. The van der Waals surface area contributed by atoms with Gasteiger partial charge >= 0.3 is 0 Å². The van der Waals surface area contributed by atoms with Crippen LogP contribution in [0, 0.1) is 0 Å². The zero-order chi connectivity index (χ0) is 10.7. The van der Waals surface area contributed by atoms with Gasteiger partial charge in [0.05, 0.1) is 12.2 Å². The maximum Gasteiger partial charge on any atom is 0.148 e. The van der Waals surface area contributed by atoms with Crippen LogP contribution in [0.4, 0.5) is 5.82 Å². The molecule has 0 bridgehead atoms. The molecular formula is C10H18N4O. The molecule has 2 rings (SSSR count). The number of nitrogens with two attached hydrogens (primary N) is 1. The molecular weight excluding hydrogens is 192 g/mol. The van der Waals surface area contributed by atoms with Crippen LogP contribution in [0.25, 0.3) is 0 Å². The Bertz CT molecular complexity index is 312. The molecule has 3 N–H and O–H groups in total. The molecule has 84 valence electrons. The van der Waals surface area contributed by atoms with E-state index in [9.17, 15) is 0 Å². The Balaban J connectivity index is 1.75. The summed E-state index contributed by atoms with van der Waals surface area (Å²) in [4.78, 5) is 0. The summed E-state index contributed by atoms with van der Waals surface area (Å²) >= 11 is 0. The van der Waals surface area contributed by atoms with Crippen molar-refractivity contribution in [3.8, 4) is 0 Å². The highest BCUT2D eigenvalue weighted by Gasteiger charge is 2.23. The minimum atomic E-state index is 0.250. The summed E-state index contributed by atoms with van der Waals surface area (Å²) < 4.78 is 7.50. The van der Waals surface area contributed by atoms with Gasteiger partial charge in [-0.2, -0.15) is 5.10 Å². The van der Waals surface area contributed by atoms with Crippen molar-refractivity contribution in [2.24, 2.45) is 12.8 Å². The predicted octanol–water partition coefficient (Wildman–Crippen LogP) is 0.338. The summed E-state index contributed by atoms with van der Waals surface area (Å²) in [5.74, 6) is 0.900. The van der Waals surface area contributed by atoms with Crippen molar-refractivity contribution in [2.75, 3.05) is 18.4 Å². The van der Waals surface area contributed by atoms with Crippen molar-refractivity contribution in [1.29, 1.82) is 0 Å². The monoisotopic (exact) mass is 210 g/mol. The first-order valence-electron chi connectivity index (χ1n) is 5.37. The number of hydrogen-bond donors (Lipinski definition) is 2. The summed E-state index contributed by atoms with van der Waals surface area (Å²) in [6, 6.07) is 1.95. The lowest BCUT2D eigenvalue weighted by atomic mass is 10.2. The van der Waals surface area contributed by atoms with E-state index >= 15 is 0 Å². The van der Waals surface area contributed by atoms with Crippen LogP contribution in [-0.4, -0.2) is 35.1 Å². The van der Waals surface area contributed by atoms with Crippen LogP contribution in [-0.2, 0) is 11.8 Å². The number of nitrogens with zero attached hydrogens (tertiary/aromatic N) is 2. The van der Waals surface area contributed by atoms with Crippen LogP contribution < -0.4 is 11.1 Å². The van der Waals surface area contributed by atoms with E-state index < -0.39 is 0 Å². The van der Waals surface area contributed by atoms with Crippen LogP contribution in [0.15, 0.2) is 12.3 Å². The lowest BCUT2D eigenvalue weighted by Crippen LogP contribution is -2.24. The Morgan fingerprint density at radius 3 is 3.00 bits per heavy atom. The zero-order valence-electron chi connectivity index (χ0n) is 9.02. The fourth-order valence-electron chi connectivity index (χ4n) is 1.83. The molecule has 1 fully saturated rings. The van der Waals surface area contributed by atoms with Gasteiger partial charge in [0.15, 0.2) is 0 Å². The number of hydrogen-bond acceptors (Lipinski definition) is 4. The van der Waals surface area contributed by atoms with Crippen molar-refractivity contribution >= 4 is 5.82 Å². The van der Waals surface area contributed by atoms with E-state index in [1.807, 2.05) is 19.3 Å². The molecule has 0 amide bonds. The van der Waals surface area contributed by atoms with Gasteiger partial charge in [-0.1, -0.05) is 0 Å². The van der Waals surface area contributed by atoms with Crippen molar-refractivity contribution in [3.05, 3.63) is 12.3 Å². The van der Waals surface area contributed by atoms with Crippen molar-refractivity contribution in [2.45, 2.75) is 25.0 Å². The molecule has 15 heavy (non-hydrogen) atoms.